The Bertz CT molecular complexity index is 671. The summed E-state index contributed by atoms with van der Waals surface area (Å²) < 4.78 is 0. The van der Waals surface area contributed by atoms with E-state index in [-0.39, 0.29) is 6.04 Å². The highest BCUT2D eigenvalue weighted by Gasteiger charge is 2.28. The van der Waals surface area contributed by atoms with Crippen molar-refractivity contribution in [3.63, 3.8) is 0 Å². The summed E-state index contributed by atoms with van der Waals surface area (Å²) in [6.45, 7) is 0. The highest BCUT2D eigenvalue weighted by molar-refractivity contribution is 6.30. The average Bonchev–Trinajstić information content (AvgIpc) is 2.93. The van der Waals surface area contributed by atoms with Crippen LogP contribution >= 0.6 is 11.6 Å². The molecule has 0 bridgehead atoms. The van der Waals surface area contributed by atoms with Crippen LogP contribution in [-0.4, -0.2) is 11.8 Å². The Balaban J connectivity index is 1.95. The Morgan fingerprint density at radius 1 is 1.10 bits per heavy atom. The number of nitrogens with zero attached hydrogens (tertiary/aromatic N) is 3. The van der Waals surface area contributed by atoms with Crippen molar-refractivity contribution in [1.29, 1.82) is 5.26 Å². The minimum absolute atomic E-state index is 0.261. The molecular weight excluding hydrogens is 270 g/mol. The second-order valence-corrected chi connectivity index (χ2v) is 5.02. The number of hydrazone groups is 1. The van der Waals surface area contributed by atoms with Gasteiger partial charge in [-0.05, 0) is 29.8 Å². The van der Waals surface area contributed by atoms with E-state index >= 15 is 0 Å². The molecule has 0 unspecified atom stereocenters. The molecule has 98 valence electrons. The lowest BCUT2D eigenvalue weighted by atomic mass is 10.0. The molecule has 0 amide bonds. The first-order valence-electron chi connectivity index (χ1n) is 6.35. The number of nitriles is 1. The molecule has 20 heavy (non-hydrogen) atoms. The van der Waals surface area contributed by atoms with Gasteiger partial charge < -0.3 is 0 Å². The van der Waals surface area contributed by atoms with Crippen molar-refractivity contribution < 1.29 is 0 Å². The summed E-state index contributed by atoms with van der Waals surface area (Å²) in [6, 6.07) is 19.3. The Labute approximate surface area is 122 Å². The number of hydrogen-bond donors (Lipinski definition) is 0. The van der Waals surface area contributed by atoms with E-state index in [2.05, 4.69) is 11.2 Å². The molecule has 0 radical (unpaired) electrons. The van der Waals surface area contributed by atoms with E-state index < -0.39 is 0 Å². The fourth-order valence-electron chi connectivity index (χ4n) is 2.25. The van der Waals surface area contributed by atoms with Gasteiger partial charge in [-0.25, -0.2) is 5.01 Å². The van der Waals surface area contributed by atoms with E-state index in [1.807, 2.05) is 54.6 Å². The Kier molecular flexibility index (Phi) is 3.41. The molecule has 1 atom stereocenters. The van der Waals surface area contributed by atoms with Crippen LogP contribution in [0.5, 0.6) is 0 Å². The Morgan fingerprint density at radius 3 is 2.45 bits per heavy atom. The number of benzene rings is 2. The lowest BCUT2D eigenvalue weighted by Gasteiger charge is -2.17. The van der Waals surface area contributed by atoms with E-state index in [0.717, 1.165) is 17.0 Å². The smallest absolute Gasteiger partial charge is 0.144 e. The van der Waals surface area contributed by atoms with Crippen molar-refractivity contribution in [3.8, 4) is 6.07 Å². The van der Waals surface area contributed by atoms with Gasteiger partial charge in [0.05, 0.1) is 17.5 Å². The predicted molar refractivity (Wildman–Crippen MR) is 80.9 cm³/mol. The molecule has 0 spiro atoms. The van der Waals surface area contributed by atoms with Gasteiger partial charge in [0.2, 0.25) is 0 Å². The first-order chi connectivity index (χ1) is 9.78. The van der Waals surface area contributed by atoms with Crippen molar-refractivity contribution in [2.45, 2.75) is 12.5 Å². The molecule has 0 saturated carbocycles. The maximum Gasteiger partial charge on any atom is 0.144 e. The molecule has 3 rings (SSSR count). The van der Waals surface area contributed by atoms with E-state index in [0.29, 0.717) is 11.4 Å². The van der Waals surface area contributed by atoms with Crippen LogP contribution < -0.4 is 5.01 Å². The van der Waals surface area contributed by atoms with Crippen molar-refractivity contribution in [2.75, 3.05) is 5.01 Å². The number of para-hydroxylation sites is 1. The quantitative estimate of drug-likeness (QED) is 0.839. The molecule has 1 heterocycles. The van der Waals surface area contributed by atoms with Gasteiger partial charge in [0.1, 0.15) is 6.04 Å². The van der Waals surface area contributed by atoms with Crippen molar-refractivity contribution in [1.82, 2.24) is 0 Å². The molecular formula is C16H12ClN3. The van der Waals surface area contributed by atoms with Gasteiger partial charge in [-0.2, -0.15) is 10.4 Å². The fourth-order valence-corrected chi connectivity index (χ4v) is 2.37. The first kappa shape index (κ1) is 12.7. The number of rotatable bonds is 2. The standard InChI is InChI=1S/C16H12ClN3/c17-13-8-6-12(7-9-13)16-10-15(11-18)20(19-16)14-4-2-1-3-5-14/h1-9,15H,10H2/t15-/m1/s1. The molecule has 2 aromatic carbocycles. The number of anilines is 1. The molecule has 0 N–H and O–H groups in total. The highest BCUT2D eigenvalue weighted by Crippen LogP contribution is 2.26. The molecule has 0 aromatic heterocycles. The molecule has 0 saturated heterocycles. The van der Waals surface area contributed by atoms with Gasteiger partial charge in [0.25, 0.3) is 0 Å². The van der Waals surface area contributed by atoms with Crippen molar-refractivity contribution in [3.05, 3.63) is 65.2 Å². The van der Waals surface area contributed by atoms with Crippen LogP contribution in [0, 0.1) is 11.3 Å². The maximum absolute atomic E-state index is 9.32. The van der Waals surface area contributed by atoms with Gasteiger partial charge in [0, 0.05) is 11.4 Å². The minimum atomic E-state index is -0.261. The third kappa shape index (κ3) is 2.38. The summed E-state index contributed by atoms with van der Waals surface area (Å²) in [5.74, 6) is 0. The summed E-state index contributed by atoms with van der Waals surface area (Å²) in [5, 5.41) is 16.4. The van der Waals surface area contributed by atoms with Crippen LogP contribution in [0.15, 0.2) is 59.7 Å². The number of halogens is 1. The molecule has 0 aliphatic carbocycles. The highest BCUT2D eigenvalue weighted by atomic mass is 35.5. The maximum atomic E-state index is 9.32. The minimum Gasteiger partial charge on any atom is -0.248 e. The SMILES string of the molecule is N#C[C@H]1CC(c2ccc(Cl)cc2)=NN1c1ccccc1. The monoisotopic (exact) mass is 281 g/mol. The second-order valence-electron chi connectivity index (χ2n) is 4.58. The Morgan fingerprint density at radius 2 is 1.80 bits per heavy atom. The van der Waals surface area contributed by atoms with Crippen LogP contribution in [0.25, 0.3) is 0 Å². The summed E-state index contributed by atoms with van der Waals surface area (Å²) in [5.41, 5.74) is 2.85. The van der Waals surface area contributed by atoms with E-state index in [9.17, 15) is 5.26 Å². The summed E-state index contributed by atoms with van der Waals surface area (Å²) in [6.07, 6.45) is 0.618. The van der Waals surface area contributed by atoms with Gasteiger partial charge in [-0.3, -0.25) is 0 Å². The molecule has 2 aromatic rings. The summed E-state index contributed by atoms with van der Waals surface area (Å²) >= 11 is 5.90. The third-order valence-electron chi connectivity index (χ3n) is 3.26. The largest absolute Gasteiger partial charge is 0.248 e. The molecule has 3 nitrogen and oxygen atoms in total. The van der Waals surface area contributed by atoms with E-state index in [4.69, 9.17) is 11.6 Å². The molecule has 0 fully saturated rings. The second kappa shape index (κ2) is 5.36. The summed E-state index contributed by atoms with van der Waals surface area (Å²) in [7, 11) is 0. The predicted octanol–water partition coefficient (Wildman–Crippen LogP) is 3.85. The van der Waals surface area contributed by atoms with Gasteiger partial charge in [-0.15, -0.1) is 0 Å². The van der Waals surface area contributed by atoms with Crippen molar-refractivity contribution >= 4 is 23.0 Å². The lowest BCUT2D eigenvalue weighted by molar-refractivity contribution is 0.800. The molecule has 4 heteroatoms. The van der Waals surface area contributed by atoms with Gasteiger partial charge >= 0.3 is 0 Å². The average molecular weight is 282 g/mol. The topological polar surface area (TPSA) is 39.4 Å². The summed E-state index contributed by atoms with van der Waals surface area (Å²) in [4.78, 5) is 0. The fraction of sp³-hybridized carbons (Fsp3) is 0.125. The first-order valence-corrected chi connectivity index (χ1v) is 6.73. The van der Waals surface area contributed by atoms with Gasteiger partial charge in [0.15, 0.2) is 0 Å². The third-order valence-corrected chi connectivity index (χ3v) is 3.51. The van der Waals surface area contributed by atoms with E-state index in [1.165, 1.54) is 0 Å². The molecule has 1 aliphatic rings. The normalized spacial score (nSPS) is 17.7. The van der Waals surface area contributed by atoms with Crippen LogP contribution in [-0.2, 0) is 0 Å². The van der Waals surface area contributed by atoms with Gasteiger partial charge in [-0.1, -0.05) is 41.9 Å². The zero-order chi connectivity index (χ0) is 13.9. The van der Waals surface area contributed by atoms with Crippen LogP contribution in [0.3, 0.4) is 0 Å². The van der Waals surface area contributed by atoms with Crippen molar-refractivity contribution in [2.24, 2.45) is 5.10 Å². The zero-order valence-electron chi connectivity index (χ0n) is 10.7. The van der Waals surface area contributed by atoms with Crippen LogP contribution in [0.4, 0.5) is 5.69 Å². The van der Waals surface area contributed by atoms with E-state index in [1.54, 1.807) is 5.01 Å². The van der Waals surface area contributed by atoms with Crippen LogP contribution in [0.1, 0.15) is 12.0 Å². The Hall–Kier alpha value is -2.31. The van der Waals surface area contributed by atoms with Crippen LogP contribution in [0.2, 0.25) is 5.02 Å². The lowest BCUT2D eigenvalue weighted by Crippen LogP contribution is -2.24. The number of hydrogen-bond acceptors (Lipinski definition) is 3. The molecule has 1 aliphatic heterocycles. The zero-order valence-corrected chi connectivity index (χ0v) is 11.5.